The minimum absolute atomic E-state index is 0.0437. The molecule has 1 aromatic carbocycles. The summed E-state index contributed by atoms with van der Waals surface area (Å²) in [5.74, 6) is -1.18. The number of hydrogen-bond acceptors (Lipinski definition) is 9. The second-order valence-corrected chi connectivity index (χ2v) is 6.68. The van der Waals surface area contributed by atoms with Crippen molar-refractivity contribution in [2.75, 3.05) is 18.5 Å². The number of carbonyl (C=O) groups is 2. The van der Waals surface area contributed by atoms with Crippen molar-refractivity contribution in [3.63, 3.8) is 0 Å². The van der Waals surface area contributed by atoms with Gasteiger partial charge in [-0.1, -0.05) is 18.7 Å². The van der Waals surface area contributed by atoms with Crippen LogP contribution in [0.1, 0.15) is 18.9 Å². The molecule has 11 nitrogen and oxygen atoms in total. The zero-order chi connectivity index (χ0) is 23.7. The van der Waals surface area contributed by atoms with E-state index in [0.29, 0.717) is 11.3 Å². The number of hydrogen-bond donors (Lipinski definition) is 1. The fourth-order valence-electron chi connectivity index (χ4n) is 2.55. The molecule has 168 valence electrons. The second-order valence-electron chi connectivity index (χ2n) is 6.68. The topological polar surface area (TPSA) is 151 Å². The lowest BCUT2D eigenvalue weighted by molar-refractivity contribution is -0.511. The van der Waals surface area contributed by atoms with Crippen LogP contribution in [0.4, 0.5) is 5.69 Å². The normalized spacial score (nSPS) is 15.3. The van der Waals surface area contributed by atoms with Crippen molar-refractivity contribution in [1.29, 1.82) is 0 Å². The van der Waals surface area contributed by atoms with Crippen molar-refractivity contribution >= 4 is 23.7 Å². The van der Waals surface area contributed by atoms with Crippen molar-refractivity contribution in [3.05, 3.63) is 91.8 Å². The number of anilines is 1. The van der Waals surface area contributed by atoms with Crippen LogP contribution in [0.2, 0.25) is 0 Å². The Morgan fingerprint density at radius 3 is 2.44 bits per heavy atom. The predicted octanol–water partition coefficient (Wildman–Crippen LogP) is 2.87. The third kappa shape index (κ3) is 7.20. The van der Waals surface area contributed by atoms with Crippen LogP contribution in [-0.2, 0) is 19.1 Å². The number of ether oxygens (including phenoxy) is 2. The van der Waals surface area contributed by atoms with Crippen LogP contribution in [0.15, 0.2) is 66.0 Å². The van der Waals surface area contributed by atoms with Gasteiger partial charge in [0.2, 0.25) is 6.04 Å². The maximum Gasteiger partial charge on any atom is 0.333 e. The van der Waals surface area contributed by atoms with E-state index in [1.807, 2.05) is 0 Å². The van der Waals surface area contributed by atoms with Gasteiger partial charge in [-0.3, -0.25) is 20.2 Å². The van der Waals surface area contributed by atoms with Gasteiger partial charge in [-0.15, -0.1) is 0 Å². The van der Waals surface area contributed by atoms with E-state index in [4.69, 9.17) is 9.47 Å². The van der Waals surface area contributed by atoms with Crippen molar-refractivity contribution in [2.24, 2.45) is 0 Å². The molecular weight excluding hydrogens is 422 g/mol. The molecular formula is C21H21N3O8. The van der Waals surface area contributed by atoms with E-state index in [0.717, 1.165) is 6.08 Å². The highest BCUT2D eigenvalue weighted by Crippen LogP contribution is 2.23. The zero-order valence-electron chi connectivity index (χ0n) is 17.2. The summed E-state index contributed by atoms with van der Waals surface area (Å²) in [4.78, 5) is 43.8. The Hall–Kier alpha value is -4.28. The number of benzene rings is 1. The molecule has 1 aliphatic rings. The standard InChI is InChI=1S/C21H21N3O8/c1-14(2)21(26)32-12-11-31-20(25)10-5-15-3-6-16(7-4-15)22-18-9-8-17(23(27)28)13-19(18)24(29)30/h3-7,9-10,13,17,22H,1,8,11-12H2,2H3/b10-5+. The van der Waals surface area contributed by atoms with Gasteiger partial charge in [0.05, 0.1) is 11.0 Å². The largest absolute Gasteiger partial charge is 0.459 e. The monoisotopic (exact) mass is 443 g/mol. The van der Waals surface area contributed by atoms with Gasteiger partial charge in [-0.2, -0.15) is 0 Å². The van der Waals surface area contributed by atoms with Crippen LogP contribution in [0.3, 0.4) is 0 Å². The summed E-state index contributed by atoms with van der Waals surface area (Å²) in [5, 5.41) is 25.0. The Kier molecular flexibility index (Phi) is 8.40. The summed E-state index contributed by atoms with van der Waals surface area (Å²) >= 11 is 0. The first-order valence-electron chi connectivity index (χ1n) is 9.42. The highest BCUT2D eigenvalue weighted by atomic mass is 16.6. The lowest BCUT2D eigenvalue weighted by atomic mass is 10.0. The molecule has 0 fully saturated rings. The summed E-state index contributed by atoms with van der Waals surface area (Å²) in [6, 6.07) is 5.48. The molecule has 0 saturated carbocycles. The van der Waals surface area contributed by atoms with Crippen molar-refractivity contribution < 1.29 is 28.9 Å². The quantitative estimate of drug-likeness (QED) is 0.189. The number of nitro groups is 2. The van der Waals surface area contributed by atoms with Gasteiger partial charge in [0.1, 0.15) is 18.9 Å². The fourth-order valence-corrected chi connectivity index (χ4v) is 2.55. The van der Waals surface area contributed by atoms with Crippen molar-refractivity contribution in [2.45, 2.75) is 19.4 Å². The van der Waals surface area contributed by atoms with Gasteiger partial charge in [-0.25, -0.2) is 9.59 Å². The molecule has 1 N–H and O–H groups in total. The number of rotatable bonds is 10. The van der Waals surface area contributed by atoms with E-state index >= 15 is 0 Å². The molecule has 2 rings (SSSR count). The molecule has 11 heteroatoms. The molecule has 0 heterocycles. The molecule has 0 spiro atoms. The number of carbonyl (C=O) groups excluding carboxylic acids is 2. The molecule has 32 heavy (non-hydrogen) atoms. The zero-order valence-corrected chi connectivity index (χ0v) is 17.2. The van der Waals surface area contributed by atoms with Gasteiger partial charge in [-0.05, 0) is 36.8 Å². The molecule has 1 atom stereocenters. The molecule has 0 aliphatic heterocycles. The van der Waals surface area contributed by atoms with Crippen molar-refractivity contribution in [3.8, 4) is 0 Å². The number of nitrogens with one attached hydrogen (secondary N) is 1. The van der Waals surface area contributed by atoms with Gasteiger partial charge < -0.3 is 14.8 Å². The number of esters is 2. The van der Waals surface area contributed by atoms with E-state index in [2.05, 4.69) is 11.9 Å². The smallest absolute Gasteiger partial charge is 0.333 e. The number of nitrogens with zero attached hydrogens (tertiary/aromatic N) is 2. The Bertz CT molecular complexity index is 1010. The Morgan fingerprint density at radius 1 is 1.19 bits per heavy atom. The summed E-state index contributed by atoms with van der Waals surface area (Å²) in [6.45, 7) is 4.77. The average Bonchev–Trinajstić information content (AvgIpc) is 2.75. The Balaban J connectivity index is 1.89. The minimum Gasteiger partial charge on any atom is -0.459 e. The van der Waals surface area contributed by atoms with Crippen LogP contribution in [-0.4, -0.2) is 41.0 Å². The van der Waals surface area contributed by atoms with E-state index < -0.39 is 27.8 Å². The molecule has 0 bridgehead atoms. The predicted molar refractivity (Wildman–Crippen MR) is 114 cm³/mol. The van der Waals surface area contributed by atoms with Crippen LogP contribution in [0, 0.1) is 20.2 Å². The first kappa shape index (κ1) is 24.0. The lowest BCUT2D eigenvalue weighted by Gasteiger charge is -2.14. The first-order valence-corrected chi connectivity index (χ1v) is 9.42. The van der Waals surface area contributed by atoms with Crippen LogP contribution >= 0.6 is 0 Å². The summed E-state index contributed by atoms with van der Waals surface area (Å²) < 4.78 is 9.71. The molecule has 1 aromatic rings. The van der Waals surface area contributed by atoms with Gasteiger partial charge >= 0.3 is 11.9 Å². The molecule has 0 aromatic heterocycles. The minimum atomic E-state index is -1.13. The van der Waals surface area contributed by atoms with Crippen LogP contribution < -0.4 is 5.32 Å². The average molecular weight is 443 g/mol. The maximum atomic E-state index is 11.7. The van der Waals surface area contributed by atoms with Crippen LogP contribution in [0.5, 0.6) is 0 Å². The third-order valence-corrected chi connectivity index (χ3v) is 4.17. The van der Waals surface area contributed by atoms with Gasteiger partial charge in [0.15, 0.2) is 0 Å². The molecule has 0 radical (unpaired) electrons. The van der Waals surface area contributed by atoms with E-state index in [1.54, 1.807) is 24.3 Å². The fraction of sp³-hybridized carbons (Fsp3) is 0.238. The van der Waals surface area contributed by atoms with Crippen LogP contribution in [0.25, 0.3) is 6.08 Å². The second kappa shape index (κ2) is 11.2. The highest BCUT2D eigenvalue weighted by molar-refractivity contribution is 5.87. The maximum absolute atomic E-state index is 11.7. The third-order valence-electron chi connectivity index (χ3n) is 4.17. The summed E-state index contributed by atoms with van der Waals surface area (Å²) in [6.07, 6.45) is 5.20. The lowest BCUT2D eigenvalue weighted by Crippen LogP contribution is -2.23. The first-order chi connectivity index (χ1) is 15.2. The van der Waals surface area contributed by atoms with Gasteiger partial charge in [0, 0.05) is 28.7 Å². The highest BCUT2D eigenvalue weighted by Gasteiger charge is 2.30. The Morgan fingerprint density at radius 2 is 1.84 bits per heavy atom. The Labute approximate surface area is 183 Å². The van der Waals surface area contributed by atoms with E-state index in [1.165, 1.54) is 25.2 Å². The molecule has 1 aliphatic carbocycles. The summed E-state index contributed by atoms with van der Waals surface area (Å²) in [5.41, 5.74) is 1.26. The van der Waals surface area contributed by atoms with Gasteiger partial charge in [0.25, 0.3) is 5.70 Å². The molecule has 0 amide bonds. The summed E-state index contributed by atoms with van der Waals surface area (Å²) in [7, 11) is 0. The van der Waals surface area contributed by atoms with Crippen molar-refractivity contribution in [1.82, 2.24) is 0 Å². The van der Waals surface area contributed by atoms with E-state index in [-0.39, 0.29) is 36.6 Å². The molecule has 0 saturated heterocycles. The van der Waals surface area contributed by atoms with E-state index in [9.17, 15) is 29.8 Å². The molecule has 1 unspecified atom stereocenters. The SMILES string of the molecule is C=C(C)C(=O)OCCOC(=O)/C=C/c1ccc(NC2=CCC([N+](=O)[O-])C=C2[N+](=O)[O-])cc1.